The number of aromatic nitrogens is 1. The Labute approximate surface area is 254 Å². The van der Waals surface area contributed by atoms with E-state index in [1.54, 1.807) is 6.20 Å². The second-order valence-corrected chi connectivity index (χ2v) is 13.8. The smallest absolute Gasteiger partial charge is 0.307 e. The molecule has 42 heavy (non-hydrogen) atoms. The lowest BCUT2D eigenvalue weighted by molar-refractivity contribution is -0.155. The van der Waals surface area contributed by atoms with Crippen molar-refractivity contribution in [3.05, 3.63) is 82.2 Å². The summed E-state index contributed by atoms with van der Waals surface area (Å²) < 4.78 is 21.7. The fourth-order valence-electron chi connectivity index (χ4n) is 5.66. The first-order valence-corrected chi connectivity index (χ1v) is 16.1. The highest BCUT2D eigenvalue weighted by Crippen LogP contribution is 2.37. The zero-order chi connectivity index (χ0) is 30.6. The standard InChI is InChI=1S/C34H46N4O3S/c1-8-24-17-30-31(11-10-16-37-30)42(40)38(20-24)21-26-18-25(13-12-22(26)3)28(19-32(39)41-34(5,6)7)27-14-15-29(36-9-2)33(35)23(27)4/h10-16,18,24,28,36H,8-9,17,19-21,35H2,1-7H3/t24-,28?,42?/m0/s1. The molecule has 2 unspecified atom stereocenters. The van der Waals surface area contributed by atoms with Crippen LogP contribution in [0.1, 0.15) is 86.9 Å². The Morgan fingerprint density at radius 2 is 1.98 bits per heavy atom. The van der Waals surface area contributed by atoms with Crippen molar-refractivity contribution >= 4 is 28.7 Å². The minimum absolute atomic E-state index is 0.188. The summed E-state index contributed by atoms with van der Waals surface area (Å²) in [6.07, 6.45) is 3.80. The largest absolute Gasteiger partial charge is 0.593 e. The summed E-state index contributed by atoms with van der Waals surface area (Å²) >= 11 is -1.31. The number of aryl methyl sites for hydroxylation is 1. The molecule has 226 valence electrons. The predicted molar refractivity (Wildman–Crippen MR) is 172 cm³/mol. The Balaban J connectivity index is 1.73. The third kappa shape index (κ3) is 7.46. The molecule has 1 aliphatic heterocycles. The highest BCUT2D eigenvalue weighted by Gasteiger charge is 2.34. The van der Waals surface area contributed by atoms with Gasteiger partial charge in [-0.05, 0) is 99.9 Å². The van der Waals surface area contributed by atoms with Crippen molar-refractivity contribution in [2.45, 2.75) is 90.7 Å². The number of nitrogens with one attached hydrogen (secondary N) is 1. The lowest BCUT2D eigenvalue weighted by atomic mass is 9.84. The molecule has 0 bridgehead atoms. The number of ether oxygens (including phenoxy) is 1. The Kier molecular flexibility index (Phi) is 10.2. The molecule has 0 fully saturated rings. The summed E-state index contributed by atoms with van der Waals surface area (Å²) in [5.41, 5.74) is 13.7. The van der Waals surface area contributed by atoms with E-state index in [0.717, 1.165) is 70.0 Å². The first kappa shape index (κ1) is 31.9. The number of nitrogens with zero attached hydrogens (tertiary/aromatic N) is 2. The lowest BCUT2D eigenvalue weighted by Crippen LogP contribution is -2.33. The average Bonchev–Trinajstić information content (AvgIpc) is 3.07. The highest BCUT2D eigenvalue weighted by molar-refractivity contribution is 7.89. The van der Waals surface area contributed by atoms with Crippen molar-refractivity contribution in [1.29, 1.82) is 0 Å². The van der Waals surface area contributed by atoms with Gasteiger partial charge in [0, 0.05) is 25.2 Å². The molecule has 1 aromatic heterocycles. The van der Waals surface area contributed by atoms with Crippen LogP contribution in [-0.4, -0.2) is 38.5 Å². The predicted octanol–water partition coefficient (Wildman–Crippen LogP) is 6.68. The zero-order valence-corrected chi connectivity index (χ0v) is 26.9. The fourth-order valence-corrected chi connectivity index (χ4v) is 7.07. The molecule has 0 saturated heterocycles. The molecule has 1 aliphatic rings. The van der Waals surface area contributed by atoms with Gasteiger partial charge in [-0.3, -0.25) is 9.78 Å². The fraction of sp³-hybridized carbons (Fsp3) is 0.471. The van der Waals surface area contributed by atoms with E-state index in [9.17, 15) is 9.35 Å². The number of rotatable bonds is 9. The van der Waals surface area contributed by atoms with E-state index in [1.807, 2.05) is 52.8 Å². The van der Waals surface area contributed by atoms with Crippen LogP contribution in [0.5, 0.6) is 0 Å². The quantitative estimate of drug-likeness (QED) is 0.163. The van der Waals surface area contributed by atoms with E-state index in [0.29, 0.717) is 18.2 Å². The van der Waals surface area contributed by atoms with Crippen LogP contribution in [0, 0.1) is 19.8 Å². The molecule has 7 nitrogen and oxygen atoms in total. The van der Waals surface area contributed by atoms with Gasteiger partial charge in [0.05, 0.1) is 41.4 Å². The maximum atomic E-state index is 13.8. The van der Waals surface area contributed by atoms with E-state index >= 15 is 0 Å². The molecule has 3 atom stereocenters. The van der Waals surface area contributed by atoms with E-state index in [1.165, 1.54) is 0 Å². The molecule has 3 aromatic rings. The molecule has 2 aromatic carbocycles. The van der Waals surface area contributed by atoms with E-state index in [-0.39, 0.29) is 18.3 Å². The van der Waals surface area contributed by atoms with Crippen LogP contribution in [-0.2, 0) is 33.9 Å². The van der Waals surface area contributed by atoms with Gasteiger partial charge in [0.1, 0.15) is 5.60 Å². The Morgan fingerprint density at radius 1 is 1.21 bits per heavy atom. The summed E-state index contributed by atoms with van der Waals surface area (Å²) in [7, 11) is 0. The van der Waals surface area contributed by atoms with Crippen LogP contribution < -0.4 is 11.1 Å². The van der Waals surface area contributed by atoms with Gasteiger partial charge < -0.3 is 20.3 Å². The van der Waals surface area contributed by atoms with Crippen molar-refractivity contribution in [3.8, 4) is 0 Å². The van der Waals surface area contributed by atoms with Gasteiger partial charge in [0.25, 0.3) is 0 Å². The van der Waals surface area contributed by atoms with Crippen LogP contribution in [0.3, 0.4) is 0 Å². The molecule has 0 saturated carbocycles. The van der Waals surface area contributed by atoms with Crippen LogP contribution in [0.15, 0.2) is 53.6 Å². The molecule has 3 N–H and O–H groups in total. The number of hydrogen-bond donors (Lipinski definition) is 2. The lowest BCUT2D eigenvalue weighted by Gasteiger charge is -2.27. The molecular formula is C34H46N4O3S. The van der Waals surface area contributed by atoms with Crippen molar-refractivity contribution in [3.63, 3.8) is 0 Å². The highest BCUT2D eigenvalue weighted by atomic mass is 32.2. The van der Waals surface area contributed by atoms with Crippen molar-refractivity contribution < 1.29 is 14.1 Å². The number of hydrogen-bond acceptors (Lipinski definition) is 7. The third-order valence-corrected chi connectivity index (χ3v) is 9.50. The second-order valence-electron chi connectivity index (χ2n) is 12.3. The number of esters is 1. The summed E-state index contributed by atoms with van der Waals surface area (Å²) in [6.45, 7) is 16.0. The second kappa shape index (κ2) is 13.5. The van der Waals surface area contributed by atoms with Crippen LogP contribution in [0.4, 0.5) is 11.4 Å². The first-order valence-electron chi connectivity index (χ1n) is 15.0. The van der Waals surface area contributed by atoms with Gasteiger partial charge in [-0.15, -0.1) is 4.31 Å². The maximum absolute atomic E-state index is 13.8. The number of benzene rings is 2. The number of carbonyl (C=O) groups excluding carboxylic acids is 1. The van der Waals surface area contributed by atoms with Crippen molar-refractivity contribution in [2.75, 3.05) is 24.1 Å². The Bertz CT molecular complexity index is 1400. The molecule has 0 spiro atoms. The van der Waals surface area contributed by atoms with Gasteiger partial charge >= 0.3 is 5.97 Å². The summed E-state index contributed by atoms with van der Waals surface area (Å²) in [6, 6.07) is 14.2. The van der Waals surface area contributed by atoms with E-state index in [2.05, 4.69) is 52.7 Å². The van der Waals surface area contributed by atoms with Gasteiger partial charge in [-0.2, -0.15) is 0 Å². The monoisotopic (exact) mass is 590 g/mol. The molecule has 0 aliphatic carbocycles. The molecule has 2 heterocycles. The summed E-state index contributed by atoms with van der Waals surface area (Å²) in [5.74, 6) is -0.138. The SMILES string of the molecule is CCNc1ccc(C(CC(=O)OC(C)(C)C)c2ccc(C)c(CN3C[C@@H](CC)Cc4ncccc4[S+]3[O-])c2)c(C)c1N. The average molecular weight is 591 g/mol. The number of carbonyl (C=O) groups is 1. The first-order chi connectivity index (χ1) is 19.9. The summed E-state index contributed by atoms with van der Waals surface area (Å²) in [5, 5.41) is 3.33. The normalized spacial score (nSPS) is 18.2. The molecule has 8 heteroatoms. The number of fused-ring (bicyclic) bond motifs is 1. The number of anilines is 2. The Morgan fingerprint density at radius 3 is 2.67 bits per heavy atom. The van der Waals surface area contributed by atoms with Crippen LogP contribution in [0.2, 0.25) is 0 Å². The minimum atomic E-state index is -1.31. The van der Waals surface area contributed by atoms with E-state index < -0.39 is 17.0 Å². The van der Waals surface area contributed by atoms with Crippen molar-refractivity contribution in [2.24, 2.45) is 5.92 Å². The van der Waals surface area contributed by atoms with E-state index in [4.69, 9.17) is 10.5 Å². The number of nitrogen functional groups attached to an aromatic ring is 1. The minimum Gasteiger partial charge on any atom is -0.593 e. The van der Waals surface area contributed by atoms with Gasteiger partial charge in [-0.25, -0.2) is 0 Å². The van der Waals surface area contributed by atoms with Crippen molar-refractivity contribution in [1.82, 2.24) is 9.29 Å². The summed E-state index contributed by atoms with van der Waals surface area (Å²) in [4.78, 5) is 18.6. The topological polar surface area (TPSA) is 104 Å². The van der Waals surface area contributed by atoms with Gasteiger partial charge in [0.15, 0.2) is 4.90 Å². The number of pyridine rings is 1. The zero-order valence-electron chi connectivity index (χ0n) is 26.1. The molecule has 0 radical (unpaired) electrons. The number of nitrogens with two attached hydrogens (primary N) is 1. The molecule has 0 amide bonds. The van der Waals surface area contributed by atoms with Gasteiger partial charge in [-0.1, -0.05) is 37.6 Å². The molecular weight excluding hydrogens is 544 g/mol. The molecule has 4 rings (SSSR count). The maximum Gasteiger partial charge on any atom is 0.307 e. The Hall–Kier alpha value is -3.07. The van der Waals surface area contributed by atoms with Gasteiger partial charge in [0.2, 0.25) is 0 Å². The third-order valence-electron chi connectivity index (χ3n) is 8.00. The van der Waals surface area contributed by atoms with Crippen LogP contribution in [0.25, 0.3) is 0 Å². The van der Waals surface area contributed by atoms with Crippen LogP contribution >= 0.6 is 0 Å².